The van der Waals surface area contributed by atoms with Crippen molar-refractivity contribution in [1.29, 1.82) is 0 Å². The number of hydrogen-bond donors (Lipinski definition) is 1. The molecule has 0 aliphatic carbocycles. The number of aromatic nitrogens is 2. The number of rotatable bonds is 3. The summed E-state index contributed by atoms with van der Waals surface area (Å²) < 4.78 is 0. The zero-order valence-corrected chi connectivity index (χ0v) is 10.1. The van der Waals surface area contributed by atoms with Gasteiger partial charge in [-0.3, -0.25) is 0 Å². The number of fused-ring (bicyclic) bond motifs is 1. The summed E-state index contributed by atoms with van der Waals surface area (Å²) in [4.78, 5) is 7.92. The maximum atomic E-state index is 4.57. The zero-order valence-electron chi connectivity index (χ0n) is 10.1. The van der Waals surface area contributed by atoms with E-state index in [9.17, 15) is 0 Å². The van der Waals surface area contributed by atoms with Gasteiger partial charge in [-0.15, -0.1) is 0 Å². The molecular weight excluding hydrogens is 220 g/mol. The highest BCUT2D eigenvalue weighted by atomic mass is 14.9. The van der Waals surface area contributed by atoms with Gasteiger partial charge in [0.25, 0.3) is 0 Å². The minimum atomic E-state index is 0.825. The summed E-state index contributed by atoms with van der Waals surface area (Å²) in [5, 5.41) is 0. The fourth-order valence-electron chi connectivity index (χ4n) is 2.05. The van der Waals surface area contributed by atoms with Crippen LogP contribution in [0.5, 0.6) is 0 Å². The first-order valence-electron chi connectivity index (χ1n) is 6.00. The average Bonchev–Trinajstić information content (AvgIpc) is 2.82. The number of hydrogen-bond acceptors (Lipinski definition) is 1. The number of aromatic amines is 1. The van der Waals surface area contributed by atoms with E-state index in [4.69, 9.17) is 0 Å². The highest BCUT2D eigenvalue weighted by Gasteiger charge is 2.02. The van der Waals surface area contributed by atoms with E-state index in [-0.39, 0.29) is 0 Å². The number of H-pyrrole nitrogens is 1. The highest BCUT2D eigenvalue weighted by Crippen LogP contribution is 2.14. The number of para-hydroxylation sites is 2. The maximum absolute atomic E-state index is 4.57. The number of imidazole rings is 1. The smallest absolute Gasteiger partial charge is 0.111 e. The van der Waals surface area contributed by atoms with Gasteiger partial charge in [-0.1, -0.05) is 49.1 Å². The first kappa shape index (κ1) is 10.8. The van der Waals surface area contributed by atoms with Crippen molar-refractivity contribution in [3.05, 3.63) is 72.1 Å². The Labute approximate surface area is 106 Å². The van der Waals surface area contributed by atoms with Gasteiger partial charge in [0.15, 0.2) is 0 Å². The summed E-state index contributed by atoms with van der Waals surface area (Å²) in [6.45, 7) is 3.75. The van der Waals surface area contributed by atoms with Crippen LogP contribution in [0.1, 0.15) is 17.0 Å². The van der Waals surface area contributed by atoms with Crippen molar-refractivity contribution >= 4 is 17.1 Å². The minimum absolute atomic E-state index is 0.825. The second-order valence-corrected chi connectivity index (χ2v) is 4.32. The van der Waals surface area contributed by atoms with Crippen LogP contribution in [-0.4, -0.2) is 9.97 Å². The minimum Gasteiger partial charge on any atom is -0.342 e. The van der Waals surface area contributed by atoms with E-state index < -0.39 is 0 Å². The number of nitrogens with one attached hydrogen (secondary N) is 1. The van der Waals surface area contributed by atoms with E-state index in [0.29, 0.717) is 0 Å². The molecular formula is C16H14N2. The molecule has 2 heteroatoms. The van der Waals surface area contributed by atoms with Crippen LogP contribution in [0.2, 0.25) is 0 Å². The van der Waals surface area contributed by atoms with E-state index in [1.165, 1.54) is 5.56 Å². The molecule has 1 N–H and O–H groups in total. The van der Waals surface area contributed by atoms with E-state index >= 15 is 0 Å². The van der Waals surface area contributed by atoms with Crippen LogP contribution in [-0.2, 0) is 6.42 Å². The molecule has 0 saturated carbocycles. The van der Waals surface area contributed by atoms with Gasteiger partial charge in [0.2, 0.25) is 0 Å². The largest absolute Gasteiger partial charge is 0.342 e. The van der Waals surface area contributed by atoms with E-state index in [2.05, 4.69) is 40.8 Å². The van der Waals surface area contributed by atoms with Crippen LogP contribution in [0.3, 0.4) is 0 Å². The van der Waals surface area contributed by atoms with Gasteiger partial charge in [-0.05, 0) is 23.3 Å². The van der Waals surface area contributed by atoms with Gasteiger partial charge in [0.1, 0.15) is 5.82 Å². The Morgan fingerprint density at radius 1 is 1.06 bits per heavy atom. The molecule has 0 aliphatic heterocycles. The third-order valence-corrected chi connectivity index (χ3v) is 3.03. The zero-order chi connectivity index (χ0) is 12.4. The maximum Gasteiger partial charge on any atom is 0.111 e. The monoisotopic (exact) mass is 234 g/mol. The fourth-order valence-corrected chi connectivity index (χ4v) is 2.05. The molecule has 0 amide bonds. The standard InChI is InChI=1S/C16H14N2/c1-2-12-7-9-13(10-8-12)11-16-17-14-5-3-4-6-15(14)18-16/h2-10H,1,11H2,(H,17,18). The molecule has 0 saturated heterocycles. The van der Waals surface area contributed by atoms with Crippen molar-refractivity contribution in [2.24, 2.45) is 0 Å². The van der Waals surface area contributed by atoms with Gasteiger partial charge in [0.05, 0.1) is 11.0 Å². The van der Waals surface area contributed by atoms with Gasteiger partial charge in [0, 0.05) is 6.42 Å². The second kappa shape index (κ2) is 4.49. The SMILES string of the molecule is C=Cc1ccc(Cc2nc3ccccc3[nH]2)cc1. The lowest BCUT2D eigenvalue weighted by molar-refractivity contribution is 1.04. The van der Waals surface area contributed by atoms with Crippen molar-refractivity contribution in [2.75, 3.05) is 0 Å². The van der Waals surface area contributed by atoms with Crippen molar-refractivity contribution in [2.45, 2.75) is 6.42 Å². The first-order chi connectivity index (χ1) is 8.85. The summed E-state index contributed by atoms with van der Waals surface area (Å²) in [5.41, 5.74) is 4.51. The predicted octanol–water partition coefficient (Wildman–Crippen LogP) is 3.80. The lowest BCUT2D eigenvalue weighted by Gasteiger charge is -1.99. The molecule has 0 aliphatic rings. The molecule has 88 valence electrons. The Bertz CT molecular complexity index is 645. The highest BCUT2D eigenvalue weighted by molar-refractivity contribution is 5.74. The second-order valence-electron chi connectivity index (χ2n) is 4.32. The van der Waals surface area contributed by atoms with Gasteiger partial charge in [-0.25, -0.2) is 4.98 Å². The summed E-state index contributed by atoms with van der Waals surface area (Å²) in [6.07, 6.45) is 2.68. The predicted molar refractivity (Wildman–Crippen MR) is 75.4 cm³/mol. The summed E-state index contributed by atoms with van der Waals surface area (Å²) in [7, 11) is 0. The summed E-state index contributed by atoms with van der Waals surface area (Å²) >= 11 is 0. The van der Waals surface area contributed by atoms with Crippen molar-refractivity contribution < 1.29 is 0 Å². The van der Waals surface area contributed by atoms with Crippen LogP contribution in [0.4, 0.5) is 0 Å². The molecule has 3 aromatic rings. The molecule has 1 aromatic heterocycles. The van der Waals surface area contributed by atoms with E-state index in [1.54, 1.807) is 0 Å². The summed E-state index contributed by atoms with van der Waals surface area (Å²) in [5.74, 6) is 1.00. The van der Waals surface area contributed by atoms with Crippen LogP contribution in [0, 0.1) is 0 Å². The molecule has 0 spiro atoms. The Hall–Kier alpha value is -2.35. The molecule has 3 rings (SSSR count). The molecule has 0 atom stereocenters. The lowest BCUT2D eigenvalue weighted by atomic mass is 10.1. The van der Waals surface area contributed by atoms with Crippen LogP contribution in [0.25, 0.3) is 17.1 Å². The third kappa shape index (κ3) is 2.05. The van der Waals surface area contributed by atoms with E-state index in [1.807, 2.05) is 30.3 Å². The molecule has 2 aromatic carbocycles. The van der Waals surface area contributed by atoms with Crippen molar-refractivity contribution in [3.8, 4) is 0 Å². The molecule has 0 unspecified atom stereocenters. The van der Waals surface area contributed by atoms with Crippen molar-refractivity contribution in [3.63, 3.8) is 0 Å². The van der Waals surface area contributed by atoms with Gasteiger partial charge < -0.3 is 4.98 Å². The Kier molecular flexibility index (Phi) is 2.69. The Balaban J connectivity index is 1.88. The van der Waals surface area contributed by atoms with Crippen LogP contribution in [0.15, 0.2) is 55.1 Å². The lowest BCUT2D eigenvalue weighted by Crippen LogP contribution is -1.90. The first-order valence-corrected chi connectivity index (χ1v) is 6.00. The number of nitrogens with zero attached hydrogens (tertiary/aromatic N) is 1. The van der Waals surface area contributed by atoms with Gasteiger partial charge in [-0.2, -0.15) is 0 Å². The average molecular weight is 234 g/mol. The molecule has 18 heavy (non-hydrogen) atoms. The Morgan fingerprint density at radius 2 is 1.83 bits per heavy atom. The normalized spacial score (nSPS) is 10.7. The molecule has 0 fully saturated rings. The molecule has 2 nitrogen and oxygen atoms in total. The summed E-state index contributed by atoms with van der Waals surface area (Å²) in [6, 6.07) is 16.5. The molecule has 0 radical (unpaired) electrons. The van der Waals surface area contributed by atoms with Crippen LogP contribution >= 0.6 is 0 Å². The van der Waals surface area contributed by atoms with Gasteiger partial charge >= 0.3 is 0 Å². The van der Waals surface area contributed by atoms with Crippen LogP contribution < -0.4 is 0 Å². The van der Waals surface area contributed by atoms with E-state index in [0.717, 1.165) is 28.8 Å². The molecule has 0 bridgehead atoms. The van der Waals surface area contributed by atoms with Crippen molar-refractivity contribution in [1.82, 2.24) is 9.97 Å². The third-order valence-electron chi connectivity index (χ3n) is 3.03. The number of benzene rings is 2. The Morgan fingerprint density at radius 3 is 2.56 bits per heavy atom. The quantitative estimate of drug-likeness (QED) is 0.733. The fraction of sp³-hybridized carbons (Fsp3) is 0.0625. The topological polar surface area (TPSA) is 28.7 Å². The molecule has 1 heterocycles.